The number of fused-ring (bicyclic) bond motifs is 1. The van der Waals surface area contributed by atoms with E-state index >= 15 is 0 Å². The standard InChI is InChI=1S/C17H17NO4/c1-21-11-4-5-14-13(8-11)12(9-17(20)18-14)10-3-6-16(22-2)15(19)7-10/h3-8,12,19H,9H2,1-2H3,(H,18,20). The Morgan fingerprint density at radius 1 is 1.14 bits per heavy atom. The molecular weight excluding hydrogens is 282 g/mol. The van der Waals surface area contributed by atoms with Gasteiger partial charge in [0.1, 0.15) is 5.75 Å². The Bertz CT molecular complexity index is 727. The van der Waals surface area contributed by atoms with Gasteiger partial charge in [0.15, 0.2) is 11.5 Å². The third kappa shape index (κ3) is 2.45. The van der Waals surface area contributed by atoms with Crippen molar-refractivity contribution in [3.05, 3.63) is 47.5 Å². The first kappa shape index (κ1) is 14.3. The number of anilines is 1. The molecule has 2 aromatic rings. The number of amides is 1. The Labute approximate surface area is 128 Å². The van der Waals surface area contributed by atoms with E-state index in [2.05, 4.69) is 5.32 Å². The van der Waals surface area contributed by atoms with Gasteiger partial charge in [-0.3, -0.25) is 4.79 Å². The molecule has 0 spiro atoms. The van der Waals surface area contributed by atoms with Crippen molar-refractivity contribution in [1.82, 2.24) is 0 Å². The Hall–Kier alpha value is -2.69. The monoisotopic (exact) mass is 299 g/mol. The zero-order valence-corrected chi connectivity index (χ0v) is 12.4. The first-order valence-corrected chi connectivity index (χ1v) is 6.97. The van der Waals surface area contributed by atoms with E-state index in [1.807, 2.05) is 24.3 Å². The number of benzene rings is 2. The number of aromatic hydroxyl groups is 1. The minimum absolute atomic E-state index is 0.0435. The summed E-state index contributed by atoms with van der Waals surface area (Å²) < 4.78 is 10.3. The molecule has 1 heterocycles. The van der Waals surface area contributed by atoms with Crippen molar-refractivity contribution in [3.8, 4) is 17.2 Å². The first-order chi connectivity index (χ1) is 10.6. The molecule has 0 bridgehead atoms. The van der Waals surface area contributed by atoms with Gasteiger partial charge in [-0.25, -0.2) is 0 Å². The SMILES string of the molecule is COc1ccc2c(c1)C(c1ccc(OC)c(O)c1)CC(=O)N2. The summed E-state index contributed by atoms with van der Waals surface area (Å²) in [7, 11) is 3.11. The molecule has 1 atom stereocenters. The Morgan fingerprint density at radius 3 is 2.64 bits per heavy atom. The molecule has 1 aliphatic rings. The van der Waals surface area contributed by atoms with E-state index in [0.29, 0.717) is 12.2 Å². The van der Waals surface area contributed by atoms with Gasteiger partial charge in [-0.15, -0.1) is 0 Å². The summed E-state index contributed by atoms with van der Waals surface area (Å²) in [6, 6.07) is 10.8. The highest BCUT2D eigenvalue weighted by Gasteiger charge is 2.27. The van der Waals surface area contributed by atoms with Crippen LogP contribution in [0.25, 0.3) is 0 Å². The van der Waals surface area contributed by atoms with E-state index in [1.54, 1.807) is 19.2 Å². The number of hydrogen-bond donors (Lipinski definition) is 2. The zero-order valence-electron chi connectivity index (χ0n) is 12.4. The molecule has 0 radical (unpaired) electrons. The van der Waals surface area contributed by atoms with Crippen molar-refractivity contribution in [2.45, 2.75) is 12.3 Å². The van der Waals surface area contributed by atoms with Crippen molar-refractivity contribution in [1.29, 1.82) is 0 Å². The van der Waals surface area contributed by atoms with Gasteiger partial charge in [-0.2, -0.15) is 0 Å². The highest BCUT2D eigenvalue weighted by molar-refractivity contribution is 5.95. The molecular formula is C17H17NO4. The second-order valence-corrected chi connectivity index (χ2v) is 5.19. The number of hydrogen-bond acceptors (Lipinski definition) is 4. The van der Waals surface area contributed by atoms with Crippen LogP contribution in [-0.4, -0.2) is 25.2 Å². The smallest absolute Gasteiger partial charge is 0.225 e. The second-order valence-electron chi connectivity index (χ2n) is 5.19. The lowest BCUT2D eigenvalue weighted by Crippen LogP contribution is -2.23. The predicted octanol–water partition coefficient (Wildman–Crippen LogP) is 2.88. The van der Waals surface area contributed by atoms with Crippen LogP contribution in [0.3, 0.4) is 0 Å². The van der Waals surface area contributed by atoms with Gasteiger partial charge < -0.3 is 19.9 Å². The Kier molecular flexibility index (Phi) is 3.63. The Morgan fingerprint density at radius 2 is 1.95 bits per heavy atom. The second kappa shape index (κ2) is 5.60. The van der Waals surface area contributed by atoms with Gasteiger partial charge in [0.05, 0.1) is 14.2 Å². The van der Waals surface area contributed by atoms with Gasteiger partial charge in [-0.05, 0) is 41.5 Å². The highest BCUT2D eigenvalue weighted by atomic mass is 16.5. The maximum atomic E-state index is 11.9. The quantitative estimate of drug-likeness (QED) is 0.914. The molecule has 0 fully saturated rings. The summed E-state index contributed by atoms with van der Waals surface area (Å²) >= 11 is 0. The van der Waals surface area contributed by atoms with Gasteiger partial charge in [0, 0.05) is 18.0 Å². The summed E-state index contributed by atoms with van der Waals surface area (Å²) in [4.78, 5) is 11.9. The molecule has 1 amide bonds. The van der Waals surface area contributed by atoms with Gasteiger partial charge >= 0.3 is 0 Å². The number of rotatable bonds is 3. The zero-order chi connectivity index (χ0) is 15.7. The van der Waals surface area contributed by atoms with E-state index < -0.39 is 0 Å². The number of phenols is 1. The van der Waals surface area contributed by atoms with Crippen molar-refractivity contribution in [3.63, 3.8) is 0 Å². The lowest BCUT2D eigenvalue weighted by atomic mass is 9.84. The molecule has 1 unspecified atom stereocenters. The van der Waals surface area contributed by atoms with E-state index in [-0.39, 0.29) is 17.6 Å². The summed E-state index contributed by atoms with van der Waals surface area (Å²) in [5, 5.41) is 12.9. The van der Waals surface area contributed by atoms with Crippen LogP contribution in [0.5, 0.6) is 17.2 Å². The van der Waals surface area contributed by atoms with Crippen molar-refractivity contribution < 1.29 is 19.4 Å². The van der Waals surface area contributed by atoms with Crippen LogP contribution in [0.2, 0.25) is 0 Å². The van der Waals surface area contributed by atoms with Crippen LogP contribution in [0, 0.1) is 0 Å². The molecule has 22 heavy (non-hydrogen) atoms. The Balaban J connectivity index is 2.08. The van der Waals surface area contributed by atoms with Gasteiger partial charge in [0.25, 0.3) is 0 Å². The number of carbonyl (C=O) groups excluding carboxylic acids is 1. The molecule has 3 rings (SSSR count). The molecule has 0 saturated carbocycles. The largest absolute Gasteiger partial charge is 0.504 e. The van der Waals surface area contributed by atoms with Crippen LogP contribution in [-0.2, 0) is 4.79 Å². The fourth-order valence-corrected chi connectivity index (χ4v) is 2.79. The van der Waals surface area contributed by atoms with Crippen LogP contribution < -0.4 is 14.8 Å². The van der Waals surface area contributed by atoms with Gasteiger partial charge in [0.2, 0.25) is 5.91 Å². The summed E-state index contributed by atoms with van der Waals surface area (Å²) in [6.45, 7) is 0. The normalized spacial score (nSPS) is 16.6. The van der Waals surface area contributed by atoms with Crippen molar-refractivity contribution in [2.75, 3.05) is 19.5 Å². The number of phenolic OH excluding ortho intramolecular Hbond substituents is 1. The average Bonchev–Trinajstić information content (AvgIpc) is 2.53. The average molecular weight is 299 g/mol. The molecule has 0 aliphatic carbocycles. The molecule has 5 heteroatoms. The maximum absolute atomic E-state index is 11.9. The van der Waals surface area contributed by atoms with Crippen LogP contribution in [0.15, 0.2) is 36.4 Å². The van der Waals surface area contributed by atoms with Crippen LogP contribution in [0.4, 0.5) is 5.69 Å². The number of methoxy groups -OCH3 is 2. The summed E-state index contributed by atoms with van der Waals surface area (Å²) in [5.74, 6) is 1.04. The van der Waals surface area contributed by atoms with Crippen LogP contribution >= 0.6 is 0 Å². The third-order valence-electron chi connectivity index (χ3n) is 3.90. The van der Waals surface area contributed by atoms with Crippen LogP contribution in [0.1, 0.15) is 23.5 Å². The molecule has 5 nitrogen and oxygen atoms in total. The van der Waals surface area contributed by atoms with E-state index in [1.165, 1.54) is 7.11 Å². The fourth-order valence-electron chi connectivity index (χ4n) is 2.79. The maximum Gasteiger partial charge on any atom is 0.225 e. The number of nitrogens with one attached hydrogen (secondary N) is 1. The van der Waals surface area contributed by atoms with Crippen molar-refractivity contribution in [2.24, 2.45) is 0 Å². The number of carbonyl (C=O) groups is 1. The van der Waals surface area contributed by atoms with E-state index in [0.717, 1.165) is 22.6 Å². The number of ether oxygens (including phenoxy) is 2. The van der Waals surface area contributed by atoms with Crippen molar-refractivity contribution >= 4 is 11.6 Å². The minimum atomic E-state index is -0.129. The predicted molar refractivity (Wildman–Crippen MR) is 82.7 cm³/mol. The van der Waals surface area contributed by atoms with Gasteiger partial charge in [-0.1, -0.05) is 6.07 Å². The van der Waals surface area contributed by atoms with E-state index in [9.17, 15) is 9.90 Å². The van der Waals surface area contributed by atoms with E-state index in [4.69, 9.17) is 9.47 Å². The lowest BCUT2D eigenvalue weighted by molar-refractivity contribution is -0.116. The first-order valence-electron chi connectivity index (χ1n) is 6.97. The summed E-state index contributed by atoms with van der Waals surface area (Å²) in [6.07, 6.45) is 0.325. The topological polar surface area (TPSA) is 67.8 Å². The molecule has 2 N–H and O–H groups in total. The molecule has 2 aromatic carbocycles. The fraction of sp³-hybridized carbons (Fsp3) is 0.235. The minimum Gasteiger partial charge on any atom is -0.504 e. The molecule has 114 valence electrons. The molecule has 0 aromatic heterocycles. The third-order valence-corrected chi connectivity index (χ3v) is 3.90. The lowest BCUT2D eigenvalue weighted by Gasteiger charge is -2.26. The molecule has 1 aliphatic heterocycles. The molecule has 0 saturated heterocycles. The highest BCUT2D eigenvalue weighted by Crippen LogP contribution is 2.41. The summed E-state index contributed by atoms with van der Waals surface area (Å²) in [5.41, 5.74) is 2.61.